The lowest BCUT2D eigenvalue weighted by atomic mass is 9.63. The molecule has 1 rings (SSSR count). The Kier molecular flexibility index (Phi) is 4.63. The van der Waals surface area contributed by atoms with E-state index in [1.54, 1.807) is 0 Å². The maximum atomic E-state index is 13.3. The maximum Gasteiger partial charge on any atom is 0.412 e. The van der Waals surface area contributed by atoms with Crippen LogP contribution in [-0.4, -0.2) is 56.7 Å². The van der Waals surface area contributed by atoms with E-state index in [0.717, 1.165) is 0 Å². The highest BCUT2D eigenvalue weighted by atomic mass is 19.4. The van der Waals surface area contributed by atoms with Gasteiger partial charge in [0.05, 0.1) is 11.1 Å². The van der Waals surface area contributed by atoms with Crippen LogP contribution in [0.3, 0.4) is 0 Å². The monoisotopic (exact) mass is 392 g/mol. The zero-order chi connectivity index (χ0) is 20.9. The second-order valence-corrected chi connectivity index (χ2v) is 4.92. The molecule has 0 aliphatic heterocycles. The average Bonchev–Trinajstić information content (AvgIpc) is 2.41. The van der Waals surface area contributed by atoms with Crippen LogP contribution in [0.25, 0.3) is 0 Å². The zero-order valence-electron chi connectivity index (χ0n) is 11.8. The molecule has 1 aliphatic rings. The highest BCUT2D eigenvalue weighted by Crippen LogP contribution is 2.57. The van der Waals surface area contributed by atoms with Crippen LogP contribution in [0.15, 0.2) is 23.3 Å². The molecule has 0 aromatic carbocycles. The van der Waals surface area contributed by atoms with Gasteiger partial charge in [-0.15, -0.1) is 0 Å². The number of hydrogen-bond acceptors (Lipinski definition) is 4. The summed E-state index contributed by atoms with van der Waals surface area (Å²) in [5.74, 6) is -12.1. The van der Waals surface area contributed by atoms with Gasteiger partial charge in [-0.1, -0.05) is 12.2 Å². The number of carboxylic acids is 4. The summed E-state index contributed by atoms with van der Waals surface area (Å²) in [5.41, 5.74) is -15.0. The summed E-state index contributed by atoms with van der Waals surface area (Å²) in [4.78, 5) is 44.7. The highest BCUT2D eigenvalue weighted by Gasteiger charge is 2.73. The van der Waals surface area contributed by atoms with Crippen molar-refractivity contribution in [1.29, 1.82) is 0 Å². The lowest BCUT2D eigenvalue weighted by molar-refractivity contribution is -0.221. The summed E-state index contributed by atoms with van der Waals surface area (Å²) in [6, 6.07) is 0. The van der Waals surface area contributed by atoms with Gasteiger partial charge in [-0.05, 0) is 0 Å². The molecule has 0 fully saturated rings. The maximum absolute atomic E-state index is 13.3. The minimum absolute atomic E-state index is 0.827. The summed E-state index contributed by atoms with van der Waals surface area (Å²) in [6.45, 7) is 0. The van der Waals surface area contributed by atoms with Gasteiger partial charge in [-0.2, -0.15) is 26.3 Å². The van der Waals surface area contributed by atoms with Crippen LogP contribution in [-0.2, 0) is 19.2 Å². The molecule has 26 heavy (non-hydrogen) atoms. The Bertz CT molecular complexity index is 699. The van der Waals surface area contributed by atoms with Gasteiger partial charge < -0.3 is 20.4 Å². The third-order valence-corrected chi connectivity index (χ3v) is 3.62. The van der Waals surface area contributed by atoms with Crippen LogP contribution in [0.1, 0.15) is 0 Å². The third kappa shape index (κ3) is 2.48. The average molecular weight is 392 g/mol. The van der Waals surface area contributed by atoms with E-state index in [4.69, 9.17) is 20.4 Å². The lowest BCUT2D eigenvalue weighted by Gasteiger charge is -2.39. The molecule has 0 aromatic heterocycles. The molecular weight excluding hydrogens is 386 g/mol. The van der Waals surface area contributed by atoms with E-state index < -0.39 is 70.4 Å². The van der Waals surface area contributed by atoms with Crippen molar-refractivity contribution < 1.29 is 65.9 Å². The Morgan fingerprint density at radius 3 is 1.00 bits per heavy atom. The van der Waals surface area contributed by atoms with Crippen molar-refractivity contribution in [3.8, 4) is 0 Å². The minimum Gasteiger partial charge on any atom is -0.480 e. The van der Waals surface area contributed by atoms with Crippen molar-refractivity contribution in [2.75, 3.05) is 0 Å². The fraction of sp³-hybridized carbons (Fsp3) is 0.333. The quantitative estimate of drug-likeness (QED) is 0.413. The van der Waals surface area contributed by atoms with Crippen molar-refractivity contribution in [1.82, 2.24) is 0 Å². The zero-order valence-corrected chi connectivity index (χ0v) is 11.8. The van der Waals surface area contributed by atoms with Gasteiger partial charge in [0, 0.05) is 0 Å². The van der Waals surface area contributed by atoms with Gasteiger partial charge in [0.2, 0.25) is 10.8 Å². The normalized spacial score (nSPS) is 26.5. The molecule has 0 amide bonds. The first-order chi connectivity index (χ1) is 11.5. The molecule has 8 nitrogen and oxygen atoms in total. The van der Waals surface area contributed by atoms with Crippen LogP contribution in [0.5, 0.6) is 0 Å². The van der Waals surface area contributed by atoms with E-state index in [1.165, 1.54) is 0 Å². The number of aliphatic carboxylic acids is 4. The molecule has 0 saturated carbocycles. The Morgan fingerprint density at radius 2 is 0.885 bits per heavy atom. The Balaban J connectivity index is 4.30. The molecule has 4 N–H and O–H groups in total. The molecule has 14 heteroatoms. The van der Waals surface area contributed by atoms with Crippen LogP contribution < -0.4 is 0 Å². The number of hydrogen-bond donors (Lipinski definition) is 4. The van der Waals surface area contributed by atoms with Crippen molar-refractivity contribution in [3.05, 3.63) is 23.3 Å². The van der Waals surface area contributed by atoms with E-state index in [-0.39, 0.29) is 0 Å². The minimum atomic E-state index is -6.11. The molecule has 2 atom stereocenters. The van der Waals surface area contributed by atoms with E-state index in [9.17, 15) is 45.5 Å². The largest absolute Gasteiger partial charge is 0.480 e. The van der Waals surface area contributed by atoms with Crippen molar-refractivity contribution in [3.63, 3.8) is 0 Å². The highest BCUT2D eigenvalue weighted by molar-refractivity contribution is 6.10. The summed E-state index contributed by atoms with van der Waals surface area (Å²) in [7, 11) is 0. The van der Waals surface area contributed by atoms with Crippen LogP contribution in [0, 0.1) is 10.8 Å². The molecule has 0 saturated heterocycles. The standard InChI is InChI=1S/C12H6F6O8/c13-11(14,15)9(7(23)24)1-2-10(8(25)26,12(16,17)18)4(6(21)22)3(9)5(19)20/h1-2H,(H,19,20)(H,21,22)(H,23,24)(H,25,26). The fourth-order valence-electron chi connectivity index (χ4n) is 2.43. The van der Waals surface area contributed by atoms with E-state index in [1.807, 2.05) is 0 Å². The first kappa shape index (κ1) is 21.0. The van der Waals surface area contributed by atoms with Gasteiger partial charge in [0.1, 0.15) is 0 Å². The Hall–Kier alpha value is -3.06. The van der Waals surface area contributed by atoms with Crippen LogP contribution in [0.4, 0.5) is 26.3 Å². The molecule has 0 spiro atoms. The smallest absolute Gasteiger partial charge is 0.412 e. The second kappa shape index (κ2) is 5.74. The number of rotatable bonds is 4. The summed E-state index contributed by atoms with van der Waals surface area (Å²) < 4.78 is 79.8. The van der Waals surface area contributed by atoms with Gasteiger partial charge >= 0.3 is 36.2 Å². The molecule has 144 valence electrons. The predicted molar refractivity (Wildman–Crippen MR) is 63.7 cm³/mol. The topological polar surface area (TPSA) is 149 Å². The summed E-state index contributed by atoms with van der Waals surface area (Å²) >= 11 is 0. The van der Waals surface area contributed by atoms with Gasteiger partial charge in [-0.25, -0.2) is 9.59 Å². The summed E-state index contributed by atoms with van der Waals surface area (Å²) in [5, 5.41) is 35.5. The van der Waals surface area contributed by atoms with Crippen molar-refractivity contribution >= 4 is 23.9 Å². The first-order valence-corrected chi connectivity index (χ1v) is 6.01. The molecule has 0 bridgehead atoms. The second-order valence-electron chi connectivity index (χ2n) is 4.92. The number of carboxylic acid groups (broad SMARTS) is 4. The van der Waals surface area contributed by atoms with Crippen LogP contribution >= 0.6 is 0 Å². The fourth-order valence-corrected chi connectivity index (χ4v) is 2.43. The molecule has 0 heterocycles. The van der Waals surface area contributed by atoms with Crippen molar-refractivity contribution in [2.24, 2.45) is 10.8 Å². The summed E-state index contributed by atoms with van der Waals surface area (Å²) in [6.07, 6.45) is -13.9. The SMILES string of the molecule is O=C(O)C1=C(C(=O)O)C(C(=O)O)(C(F)(F)F)C=CC1(C(=O)O)C(F)(F)F. The van der Waals surface area contributed by atoms with E-state index in [0.29, 0.717) is 0 Å². The first-order valence-electron chi connectivity index (χ1n) is 6.01. The molecular formula is C12H6F6O8. The Morgan fingerprint density at radius 1 is 0.654 bits per heavy atom. The third-order valence-electron chi connectivity index (χ3n) is 3.62. The van der Waals surface area contributed by atoms with Gasteiger partial charge in [0.15, 0.2) is 0 Å². The number of halogens is 6. The number of alkyl halides is 6. The van der Waals surface area contributed by atoms with E-state index in [2.05, 4.69) is 0 Å². The van der Waals surface area contributed by atoms with E-state index >= 15 is 0 Å². The van der Waals surface area contributed by atoms with Crippen LogP contribution in [0.2, 0.25) is 0 Å². The van der Waals surface area contributed by atoms with Gasteiger partial charge in [0.25, 0.3) is 0 Å². The van der Waals surface area contributed by atoms with Crippen molar-refractivity contribution in [2.45, 2.75) is 12.4 Å². The van der Waals surface area contributed by atoms with Gasteiger partial charge in [-0.3, -0.25) is 9.59 Å². The molecule has 1 aliphatic carbocycles. The predicted octanol–water partition coefficient (Wildman–Crippen LogP) is 1.29. The number of carbonyl (C=O) groups is 4. The Labute approximate surface area is 137 Å². The lowest BCUT2D eigenvalue weighted by Crippen LogP contribution is -2.56. The molecule has 0 aromatic rings. The molecule has 0 radical (unpaired) electrons. The molecule has 2 unspecified atom stereocenters.